The van der Waals surface area contributed by atoms with Crippen molar-refractivity contribution in [3.8, 4) is 0 Å². The lowest BCUT2D eigenvalue weighted by Gasteiger charge is -2.15. The zero-order valence-electron chi connectivity index (χ0n) is 11.0. The molecule has 1 heterocycles. The molecule has 0 radical (unpaired) electrons. The van der Waals surface area contributed by atoms with Crippen molar-refractivity contribution < 1.29 is 4.74 Å². The molecule has 0 amide bonds. The van der Waals surface area contributed by atoms with E-state index in [1.807, 2.05) is 0 Å². The quantitative estimate of drug-likeness (QED) is 0.804. The van der Waals surface area contributed by atoms with Crippen LogP contribution in [0.15, 0.2) is 24.3 Å². The molecule has 2 heteroatoms. The molecule has 1 fully saturated rings. The molecule has 3 rings (SSSR count). The van der Waals surface area contributed by atoms with Crippen LogP contribution in [0.3, 0.4) is 0 Å². The van der Waals surface area contributed by atoms with E-state index in [-0.39, 0.29) is 0 Å². The lowest BCUT2D eigenvalue weighted by Crippen LogP contribution is -2.21. The Morgan fingerprint density at radius 1 is 1.22 bits per heavy atom. The zero-order valence-corrected chi connectivity index (χ0v) is 11.0. The van der Waals surface area contributed by atoms with Crippen molar-refractivity contribution in [1.82, 2.24) is 5.32 Å². The number of hydrogen-bond acceptors (Lipinski definition) is 2. The first-order valence-corrected chi connectivity index (χ1v) is 7.36. The summed E-state index contributed by atoms with van der Waals surface area (Å²) in [5, 5.41) is 3.71. The fourth-order valence-corrected chi connectivity index (χ4v) is 3.25. The predicted molar refractivity (Wildman–Crippen MR) is 73.7 cm³/mol. The normalized spacial score (nSPS) is 26.4. The Hall–Kier alpha value is -0.860. The third-order valence-corrected chi connectivity index (χ3v) is 4.25. The van der Waals surface area contributed by atoms with Crippen LogP contribution < -0.4 is 5.32 Å². The topological polar surface area (TPSA) is 21.3 Å². The van der Waals surface area contributed by atoms with Crippen molar-refractivity contribution >= 4 is 0 Å². The molecule has 1 saturated heterocycles. The van der Waals surface area contributed by atoms with Gasteiger partial charge in [0.2, 0.25) is 0 Å². The number of fused-ring (bicyclic) bond motifs is 1. The number of benzene rings is 1. The van der Waals surface area contributed by atoms with Gasteiger partial charge in [0.05, 0.1) is 6.10 Å². The van der Waals surface area contributed by atoms with Crippen molar-refractivity contribution in [3.05, 3.63) is 35.4 Å². The van der Waals surface area contributed by atoms with E-state index in [9.17, 15) is 0 Å². The lowest BCUT2D eigenvalue weighted by atomic mass is 10.1. The Balaban J connectivity index is 1.41. The van der Waals surface area contributed by atoms with Gasteiger partial charge in [0.15, 0.2) is 0 Å². The molecule has 2 atom stereocenters. The second-order valence-electron chi connectivity index (χ2n) is 5.52. The molecule has 1 N–H and O–H groups in total. The van der Waals surface area contributed by atoms with Gasteiger partial charge in [-0.25, -0.2) is 0 Å². The van der Waals surface area contributed by atoms with Crippen molar-refractivity contribution in [2.45, 2.75) is 50.7 Å². The Morgan fingerprint density at radius 3 is 3.06 bits per heavy atom. The number of ether oxygens (including phenoxy) is 1. The van der Waals surface area contributed by atoms with E-state index in [1.165, 1.54) is 49.7 Å². The van der Waals surface area contributed by atoms with E-state index in [0.717, 1.165) is 13.2 Å². The number of aryl methyl sites for hydroxylation is 1. The van der Waals surface area contributed by atoms with E-state index >= 15 is 0 Å². The average Bonchev–Trinajstić information content (AvgIpc) is 3.04. The SMILES string of the molecule is c1ccc2c(c1)CCC2NCCCC1CCCO1. The Bertz CT molecular complexity index is 384. The van der Waals surface area contributed by atoms with Gasteiger partial charge in [-0.3, -0.25) is 0 Å². The predicted octanol–water partition coefficient (Wildman–Crippen LogP) is 3.22. The highest BCUT2D eigenvalue weighted by atomic mass is 16.5. The van der Waals surface area contributed by atoms with Gasteiger partial charge in [-0.15, -0.1) is 0 Å². The van der Waals surface area contributed by atoms with Gasteiger partial charge < -0.3 is 10.1 Å². The number of rotatable bonds is 5. The number of nitrogens with one attached hydrogen (secondary N) is 1. The zero-order chi connectivity index (χ0) is 12.2. The van der Waals surface area contributed by atoms with Crippen molar-refractivity contribution in [2.75, 3.05) is 13.2 Å². The minimum atomic E-state index is 0.544. The van der Waals surface area contributed by atoms with Gasteiger partial charge in [0.1, 0.15) is 0 Å². The van der Waals surface area contributed by atoms with Crippen molar-refractivity contribution in [1.29, 1.82) is 0 Å². The molecular formula is C16H23NO. The van der Waals surface area contributed by atoms with Crippen LogP contribution in [-0.2, 0) is 11.2 Å². The fourth-order valence-electron chi connectivity index (χ4n) is 3.25. The van der Waals surface area contributed by atoms with E-state index in [0.29, 0.717) is 12.1 Å². The van der Waals surface area contributed by atoms with Crippen LogP contribution in [0.4, 0.5) is 0 Å². The third-order valence-electron chi connectivity index (χ3n) is 4.25. The smallest absolute Gasteiger partial charge is 0.0576 e. The van der Waals surface area contributed by atoms with E-state index in [2.05, 4.69) is 29.6 Å². The van der Waals surface area contributed by atoms with Gasteiger partial charge in [0, 0.05) is 12.6 Å². The van der Waals surface area contributed by atoms with Crippen molar-refractivity contribution in [2.24, 2.45) is 0 Å². The van der Waals surface area contributed by atoms with Crippen LogP contribution in [0.1, 0.15) is 49.3 Å². The van der Waals surface area contributed by atoms with Gasteiger partial charge in [-0.2, -0.15) is 0 Å². The van der Waals surface area contributed by atoms with Gasteiger partial charge in [-0.05, 0) is 56.2 Å². The molecule has 2 aliphatic rings. The van der Waals surface area contributed by atoms with E-state index in [4.69, 9.17) is 4.74 Å². The first-order chi connectivity index (χ1) is 8.93. The first-order valence-electron chi connectivity index (χ1n) is 7.36. The summed E-state index contributed by atoms with van der Waals surface area (Å²) in [5.41, 5.74) is 3.06. The Morgan fingerprint density at radius 2 is 2.17 bits per heavy atom. The molecule has 0 bridgehead atoms. The van der Waals surface area contributed by atoms with Crippen LogP contribution in [0.5, 0.6) is 0 Å². The van der Waals surface area contributed by atoms with Crippen LogP contribution in [0.25, 0.3) is 0 Å². The highest BCUT2D eigenvalue weighted by Gasteiger charge is 2.21. The Kier molecular flexibility index (Phi) is 3.96. The van der Waals surface area contributed by atoms with Gasteiger partial charge in [0.25, 0.3) is 0 Å². The minimum Gasteiger partial charge on any atom is -0.378 e. The molecule has 0 spiro atoms. The van der Waals surface area contributed by atoms with Crippen molar-refractivity contribution in [3.63, 3.8) is 0 Å². The molecule has 2 unspecified atom stereocenters. The van der Waals surface area contributed by atoms with E-state index in [1.54, 1.807) is 0 Å². The molecule has 1 aliphatic carbocycles. The molecule has 1 aromatic rings. The summed E-state index contributed by atoms with van der Waals surface area (Å²) in [6, 6.07) is 9.44. The summed E-state index contributed by atoms with van der Waals surface area (Å²) in [4.78, 5) is 0. The lowest BCUT2D eigenvalue weighted by molar-refractivity contribution is 0.102. The van der Waals surface area contributed by atoms with Gasteiger partial charge in [-0.1, -0.05) is 24.3 Å². The Labute approximate surface area is 110 Å². The maximum Gasteiger partial charge on any atom is 0.0576 e. The molecule has 18 heavy (non-hydrogen) atoms. The molecule has 1 aromatic carbocycles. The van der Waals surface area contributed by atoms with Crippen LogP contribution >= 0.6 is 0 Å². The summed E-state index contributed by atoms with van der Waals surface area (Å²) in [5.74, 6) is 0. The molecule has 1 aliphatic heterocycles. The van der Waals surface area contributed by atoms with E-state index < -0.39 is 0 Å². The molecule has 0 aromatic heterocycles. The second kappa shape index (κ2) is 5.85. The molecule has 2 nitrogen and oxygen atoms in total. The number of hydrogen-bond donors (Lipinski definition) is 1. The fraction of sp³-hybridized carbons (Fsp3) is 0.625. The summed E-state index contributed by atoms with van der Waals surface area (Å²) in [6.07, 6.45) is 8.03. The first kappa shape index (κ1) is 12.2. The summed E-state index contributed by atoms with van der Waals surface area (Å²) in [7, 11) is 0. The second-order valence-corrected chi connectivity index (χ2v) is 5.52. The largest absolute Gasteiger partial charge is 0.378 e. The molecular weight excluding hydrogens is 222 g/mol. The van der Waals surface area contributed by atoms with Crippen LogP contribution in [-0.4, -0.2) is 19.3 Å². The standard InChI is InChI=1S/C16H23NO/c1-2-8-15-13(5-1)9-10-16(15)17-11-3-6-14-7-4-12-18-14/h1-2,5,8,14,16-17H,3-4,6-7,9-12H2. The highest BCUT2D eigenvalue weighted by molar-refractivity contribution is 5.34. The summed E-state index contributed by atoms with van der Waals surface area (Å²) in [6.45, 7) is 2.10. The third kappa shape index (κ3) is 2.76. The minimum absolute atomic E-state index is 0.544. The molecule has 98 valence electrons. The monoisotopic (exact) mass is 245 g/mol. The average molecular weight is 245 g/mol. The van der Waals surface area contributed by atoms with Crippen LogP contribution in [0, 0.1) is 0 Å². The highest BCUT2D eigenvalue weighted by Crippen LogP contribution is 2.30. The summed E-state index contributed by atoms with van der Waals surface area (Å²) >= 11 is 0. The van der Waals surface area contributed by atoms with Gasteiger partial charge >= 0.3 is 0 Å². The molecule has 0 saturated carbocycles. The van der Waals surface area contributed by atoms with Crippen LogP contribution in [0.2, 0.25) is 0 Å². The maximum absolute atomic E-state index is 5.65. The summed E-state index contributed by atoms with van der Waals surface area (Å²) < 4.78 is 5.65. The maximum atomic E-state index is 5.65.